The molecule has 1 aromatic rings. The van der Waals surface area contributed by atoms with Gasteiger partial charge in [-0.05, 0) is 18.9 Å². The van der Waals surface area contributed by atoms with Gasteiger partial charge in [-0.15, -0.1) is 0 Å². The molecule has 1 unspecified atom stereocenters. The molecule has 0 saturated heterocycles. The van der Waals surface area contributed by atoms with Crippen LogP contribution in [0.1, 0.15) is 18.9 Å². The van der Waals surface area contributed by atoms with E-state index in [0.717, 1.165) is 5.56 Å². The molecule has 0 radical (unpaired) electrons. The number of esters is 1. The topological polar surface area (TPSA) is 46.5 Å². The Kier molecular flexibility index (Phi) is 4.73. The first kappa shape index (κ1) is 12.5. The molecule has 1 rings (SSSR count). The second-order valence-corrected chi connectivity index (χ2v) is 3.66. The van der Waals surface area contributed by atoms with Crippen molar-refractivity contribution < 1.29 is 14.6 Å². The van der Waals surface area contributed by atoms with Crippen LogP contribution in [-0.4, -0.2) is 17.4 Å². The highest BCUT2D eigenvalue weighted by molar-refractivity contribution is 5.86. The Labute approximate surface area is 95.4 Å². The van der Waals surface area contributed by atoms with Gasteiger partial charge >= 0.3 is 5.97 Å². The Bertz CT molecular complexity index is 357. The number of hydrogen-bond acceptors (Lipinski definition) is 3. The molecule has 3 nitrogen and oxygen atoms in total. The van der Waals surface area contributed by atoms with Crippen LogP contribution < -0.4 is 0 Å². The van der Waals surface area contributed by atoms with Crippen molar-refractivity contribution in [1.29, 1.82) is 0 Å². The summed E-state index contributed by atoms with van der Waals surface area (Å²) in [5.74, 6) is -0.555. The van der Waals surface area contributed by atoms with Gasteiger partial charge in [-0.2, -0.15) is 0 Å². The summed E-state index contributed by atoms with van der Waals surface area (Å²) in [7, 11) is 0. The molecule has 0 heterocycles. The van der Waals surface area contributed by atoms with Gasteiger partial charge in [-0.1, -0.05) is 36.9 Å². The minimum absolute atomic E-state index is 0.291. The van der Waals surface area contributed by atoms with Crippen molar-refractivity contribution >= 4 is 5.97 Å². The van der Waals surface area contributed by atoms with Gasteiger partial charge in [-0.3, -0.25) is 0 Å². The predicted molar refractivity (Wildman–Crippen MR) is 61.7 cm³/mol. The number of aliphatic hydroxyl groups is 1. The minimum atomic E-state index is -1.07. The van der Waals surface area contributed by atoms with Crippen molar-refractivity contribution in [2.24, 2.45) is 0 Å². The molecule has 86 valence electrons. The van der Waals surface area contributed by atoms with Crippen LogP contribution in [0.5, 0.6) is 0 Å². The summed E-state index contributed by atoms with van der Waals surface area (Å²) in [6.45, 7) is 4.99. The van der Waals surface area contributed by atoms with Crippen LogP contribution in [0, 0.1) is 0 Å². The van der Waals surface area contributed by atoms with Crippen molar-refractivity contribution in [3.63, 3.8) is 0 Å². The highest BCUT2D eigenvalue weighted by Crippen LogP contribution is 2.07. The van der Waals surface area contributed by atoms with E-state index in [9.17, 15) is 9.90 Å². The minimum Gasteiger partial charge on any atom is -0.433 e. The van der Waals surface area contributed by atoms with E-state index in [-0.39, 0.29) is 0 Å². The van der Waals surface area contributed by atoms with Crippen molar-refractivity contribution in [1.82, 2.24) is 0 Å². The third-order valence-electron chi connectivity index (χ3n) is 2.11. The Hall–Kier alpha value is -1.61. The van der Waals surface area contributed by atoms with Gasteiger partial charge in [0.2, 0.25) is 6.29 Å². The van der Waals surface area contributed by atoms with Gasteiger partial charge in [0.1, 0.15) is 0 Å². The average Bonchev–Trinajstić information content (AvgIpc) is 2.27. The molecule has 1 atom stereocenters. The van der Waals surface area contributed by atoms with Gasteiger partial charge in [0, 0.05) is 12.0 Å². The van der Waals surface area contributed by atoms with Crippen LogP contribution in [-0.2, 0) is 16.0 Å². The molecule has 0 amide bonds. The number of benzene rings is 1. The third-order valence-corrected chi connectivity index (χ3v) is 2.11. The first-order valence-electron chi connectivity index (χ1n) is 5.18. The zero-order chi connectivity index (χ0) is 12.0. The van der Waals surface area contributed by atoms with E-state index in [1.54, 1.807) is 6.92 Å². The lowest BCUT2D eigenvalue weighted by Gasteiger charge is -2.11. The van der Waals surface area contributed by atoms with E-state index in [0.29, 0.717) is 18.4 Å². The van der Waals surface area contributed by atoms with Gasteiger partial charge in [0.05, 0.1) is 0 Å². The summed E-state index contributed by atoms with van der Waals surface area (Å²) in [6.07, 6.45) is -0.00137. The van der Waals surface area contributed by atoms with E-state index in [2.05, 4.69) is 6.58 Å². The molecule has 0 fully saturated rings. The number of aryl methyl sites for hydroxylation is 1. The average molecular weight is 220 g/mol. The Balaban J connectivity index is 2.33. The maximum Gasteiger partial charge on any atom is 0.335 e. The summed E-state index contributed by atoms with van der Waals surface area (Å²) in [6, 6.07) is 9.73. The molecule has 1 N–H and O–H groups in total. The van der Waals surface area contributed by atoms with Crippen LogP contribution in [0.3, 0.4) is 0 Å². The first-order chi connectivity index (χ1) is 7.59. The molecule has 16 heavy (non-hydrogen) atoms. The van der Waals surface area contributed by atoms with E-state index in [4.69, 9.17) is 4.74 Å². The zero-order valence-electron chi connectivity index (χ0n) is 9.35. The number of carbonyl (C=O) groups excluding carboxylic acids is 1. The second kappa shape index (κ2) is 6.08. The van der Waals surface area contributed by atoms with Crippen molar-refractivity contribution in [2.45, 2.75) is 26.1 Å². The molecule has 3 heteroatoms. The van der Waals surface area contributed by atoms with Crippen molar-refractivity contribution in [3.8, 4) is 0 Å². The molecule has 0 aliphatic heterocycles. The Morgan fingerprint density at radius 1 is 1.44 bits per heavy atom. The molecule has 0 saturated carbocycles. The van der Waals surface area contributed by atoms with Crippen molar-refractivity contribution in [3.05, 3.63) is 48.0 Å². The van der Waals surface area contributed by atoms with E-state index >= 15 is 0 Å². The fourth-order valence-electron chi connectivity index (χ4n) is 1.22. The van der Waals surface area contributed by atoms with Gasteiger partial charge < -0.3 is 9.84 Å². The molecule has 0 aliphatic rings. The molecule has 0 aromatic heterocycles. The number of rotatable bonds is 5. The highest BCUT2D eigenvalue weighted by Gasteiger charge is 2.11. The van der Waals surface area contributed by atoms with Crippen LogP contribution in [0.25, 0.3) is 0 Å². The quantitative estimate of drug-likeness (QED) is 0.469. The third kappa shape index (κ3) is 4.28. The molecule has 0 spiro atoms. The van der Waals surface area contributed by atoms with Crippen molar-refractivity contribution in [2.75, 3.05) is 0 Å². The van der Waals surface area contributed by atoms with Gasteiger partial charge in [0.25, 0.3) is 0 Å². The standard InChI is InChI=1S/C13H16O3/c1-10(2)13(15)16-12(14)9-8-11-6-4-3-5-7-11/h3-7,12,14H,1,8-9H2,2H3. The lowest BCUT2D eigenvalue weighted by Crippen LogP contribution is -2.18. The fraction of sp³-hybridized carbons (Fsp3) is 0.308. The van der Waals surface area contributed by atoms with Gasteiger partial charge in [-0.25, -0.2) is 4.79 Å². The Morgan fingerprint density at radius 2 is 2.06 bits per heavy atom. The largest absolute Gasteiger partial charge is 0.433 e. The number of hydrogen-bond donors (Lipinski definition) is 1. The first-order valence-corrected chi connectivity index (χ1v) is 5.18. The van der Waals surface area contributed by atoms with Crippen LogP contribution in [0.15, 0.2) is 42.5 Å². The smallest absolute Gasteiger partial charge is 0.335 e. The molecule has 0 bridgehead atoms. The lowest BCUT2D eigenvalue weighted by molar-refractivity contribution is -0.163. The number of carbonyl (C=O) groups is 1. The van der Waals surface area contributed by atoms with Crippen LogP contribution in [0.2, 0.25) is 0 Å². The maximum absolute atomic E-state index is 11.1. The Morgan fingerprint density at radius 3 is 2.62 bits per heavy atom. The normalized spacial score (nSPS) is 11.9. The molecule has 1 aromatic carbocycles. The monoisotopic (exact) mass is 220 g/mol. The highest BCUT2D eigenvalue weighted by atomic mass is 16.6. The summed E-state index contributed by atoms with van der Waals surface area (Å²) in [4.78, 5) is 11.1. The zero-order valence-corrected chi connectivity index (χ0v) is 9.35. The van der Waals surface area contributed by atoms with E-state index in [1.165, 1.54) is 0 Å². The van der Waals surface area contributed by atoms with E-state index < -0.39 is 12.3 Å². The van der Waals surface area contributed by atoms with Crippen LogP contribution >= 0.6 is 0 Å². The SMILES string of the molecule is C=C(C)C(=O)OC(O)CCc1ccccc1. The molecule has 0 aliphatic carbocycles. The molecular formula is C13H16O3. The molecular weight excluding hydrogens is 204 g/mol. The number of aliphatic hydroxyl groups excluding tert-OH is 1. The summed E-state index contributed by atoms with van der Waals surface area (Å²) in [5, 5.41) is 9.45. The van der Waals surface area contributed by atoms with Gasteiger partial charge in [0.15, 0.2) is 0 Å². The second-order valence-electron chi connectivity index (χ2n) is 3.66. The lowest BCUT2D eigenvalue weighted by atomic mass is 10.1. The summed E-state index contributed by atoms with van der Waals surface area (Å²) in [5.41, 5.74) is 1.40. The predicted octanol–water partition coefficient (Wildman–Crippen LogP) is 2.06. The summed E-state index contributed by atoms with van der Waals surface area (Å²) < 4.78 is 4.75. The maximum atomic E-state index is 11.1. The fourth-order valence-corrected chi connectivity index (χ4v) is 1.22. The van der Waals surface area contributed by atoms with Crippen LogP contribution in [0.4, 0.5) is 0 Å². The van der Waals surface area contributed by atoms with E-state index in [1.807, 2.05) is 30.3 Å². The number of ether oxygens (including phenoxy) is 1. The summed E-state index contributed by atoms with van der Waals surface area (Å²) >= 11 is 0.